The van der Waals surface area contributed by atoms with E-state index < -0.39 is 0 Å². The molecule has 4 heteroatoms. The third kappa shape index (κ3) is 3.22. The molecule has 1 aromatic carbocycles. The fraction of sp³-hybridized carbons (Fsp3) is 0.400. The highest BCUT2D eigenvalue weighted by atomic mass is 16.3. The molecule has 0 atom stereocenters. The van der Waals surface area contributed by atoms with Crippen LogP contribution in [0.25, 0.3) is 10.9 Å². The number of hydrogen-bond acceptors (Lipinski definition) is 3. The number of ketones is 1. The quantitative estimate of drug-likeness (QED) is 0.749. The van der Waals surface area contributed by atoms with Gasteiger partial charge in [0.05, 0.1) is 6.54 Å². The molecule has 2 N–H and O–H groups in total. The van der Waals surface area contributed by atoms with E-state index in [2.05, 4.69) is 9.88 Å². The Labute approximate surface area is 113 Å². The van der Waals surface area contributed by atoms with Crippen molar-refractivity contribution >= 4 is 16.7 Å². The lowest BCUT2D eigenvalue weighted by molar-refractivity contribution is 0.0930. The molecule has 0 unspecified atom stereocenters. The molecule has 2 rings (SSSR count). The van der Waals surface area contributed by atoms with E-state index in [0.29, 0.717) is 13.0 Å². The number of rotatable bonds is 7. The van der Waals surface area contributed by atoms with E-state index in [1.165, 1.54) is 0 Å². The maximum absolute atomic E-state index is 12.3. The lowest BCUT2D eigenvalue weighted by Gasteiger charge is -2.18. The number of hydrogen-bond donors (Lipinski definition) is 2. The summed E-state index contributed by atoms with van der Waals surface area (Å²) in [4.78, 5) is 17.5. The van der Waals surface area contributed by atoms with Crippen LogP contribution in [0, 0.1) is 0 Å². The number of likely N-dealkylation sites (N-methyl/N-ethyl adjacent to an activating group) is 1. The van der Waals surface area contributed by atoms with Gasteiger partial charge in [0.15, 0.2) is 5.78 Å². The van der Waals surface area contributed by atoms with Crippen molar-refractivity contribution in [3.05, 3.63) is 36.0 Å². The summed E-state index contributed by atoms with van der Waals surface area (Å²) in [6, 6.07) is 7.82. The van der Waals surface area contributed by atoms with E-state index in [9.17, 15) is 4.79 Å². The fourth-order valence-corrected chi connectivity index (χ4v) is 2.23. The highest BCUT2D eigenvalue weighted by Gasteiger charge is 2.14. The number of para-hydroxylation sites is 1. The summed E-state index contributed by atoms with van der Waals surface area (Å²) in [7, 11) is 0. The van der Waals surface area contributed by atoms with Crippen LogP contribution in [-0.2, 0) is 0 Å². The first-order chi connectivity index (χ1) is 9.26. The average Bonchev–Trinajstić information content (AvgIpc) is 2.87. The summed E-state index contributed by atoms with van der Waals surface area (Å²) in [5.74, 6) is 0.122. The predicted octanol–water partition coefficient (Wildman–Crippen LogP) is 2.05. The third-order valence-electron chi connectivity index (χ3n) is 3.34. The molecule has 1 heterocycles. The Morgan fingerprint density at radius 3 is 2.89 bits per heavy atom. The van der Waals surface area contributed by atoms with E-state index in [4.69, 9.17) is 5.11 Å². The zero-order valence-electron chi connectivity index (χ0n) is 11.2. The zero-order valence-corrected chi connectivity index (χ0v) is 11.2. The van der Waals surface area contributed by atoms with Crippen molar-refractivity contribution < 1.29 is 9.90 Å². The number of aliphatic hydroxyl groups is 1. The van der Waals surface area contributed by atoms with Crippen LogP contribution in [0.1, 0.15) is 23.7 Å². The Bertz CT molecular complexity index is 548. The Kier molecular flexibility index (Phi) is 4.71. The van der Waals surface area contributed by atoms with Gasteiger partial charge in [0.2, 0.25) is 0 Å². The monoisotopic (exact) mass is 260 g/mol. The molecule has 0 aliphatic carbocycles. The van der Waals surface area contributed by atoms with Crippen molar-refractivity contribution in [3.8, 4) is 0 Å². The second-order valence-corrected chi connectivity index (χ2v) is 4.62. The van der Waals surface area contributed by atoms with Gasteiger partial charge >= 0.3 is 0 Å². The number of nitrogens with one attached hydrogen (secondary N) is 1. The molecule has 102 valence electrons. The van der Waals surface area contributed by atoms with E-state index in [1.54, 1.807) is 6.20 Å². The molecule has 0 aliphatic heterocycles. The van der Waals surface area contributed by atoms with Crippen LogP contribution in [0.3, 0.4) is 0 Å². The molecule has 0 spiro atoms. The minimum absolute atomic E-state index is 0.122. The van der Waals surface area contributed by atoms with Gasteiger partial charge in [0, 0.05) is 35.8 Å². The molecule has 19 heavy (non-hydrogen) atoms. The predicted molar refractivity (Wildman–Crippen MR) is 76.4 cm³/mol. The maximum atomic E-state index is 12.3. The Balaban J connectivity index is 2.10. The molecule has 4 nitrogen and oxygen atoms in total. The van der Waals surface area contributed by atoms with Crippen LogP contribution in [0.15, 0.2) is 30.5 Å². The summed E-state index contributed by atoms with van der Waals surface area (Å²) < 4.78 is 0. The molecule has 0 bridgehead atoms. The molecular formula is C15H20N2O2. The second kappa shape index (κ2) is 6.50. The molecule has 0 aliphatic rings. The van der Waals surface area contributed by atoms with Gasteiger partial charge in [0.1, 0.15) is 0 Å². The number of carbonyl (C=O) groups excluding carboxylic acids is 1. The Hall–Kier alpha value is -1.65. The summed E-state index contributed by atoms with van der Waals surface area (Å²) in [6.45, 7) is 4.16. The van der Waals surface area contributed by atoms with Crippen molar-refractivity contribution in [3.63, 3.8) is 0 Å². The highest BCUT2D eigenvalue weighted by molar-refractivity contribution is 6.08. The van der Waals surface area contributed by atoms with Gasteiger partial charge in [-0.15, -0.1) is 0 Å². The van der Waals surface area contributed by atoms with Crippen molar-refractivity contribution in [2.75, 3.05) is 26.2 Å². The standard InChI is InChI=1S/C15H20N2O2/c1-2-17(8-5-9-18)11-15(19)13-10-16-14-7-4-3-6-12(13)14/h3-4,6-7,10,16,18H,2,5,8-9,11H2,1H3. The SMILES string of the molecule is CCN(CCCO)CC(=O)c1c[nH]c2ccccc12. The zero-order chi connectivity index (χ0) is 13.7. The first kappa shape index (κ1) is 13.8. The summed E-state index contributed by atoms with van der Waals surface area (Å²) >= 11 is 0. The van der Waals surface area contributed by atoms with Crippen molar-refractivity contribution in [2.24, 2.45) is 0 Å². The van der Waals surface area contributed by atoms with Crippen molar-refractivity contribution in [2.45, 2.75) is 13.3 Å². The van der Waals surface area contributed by atoms with Crippen LogP contribution in [0.2, 0.25) is 0 Å². The molecule has 2 aromatic rings. The molecule has 0 radical (unpaired) electrons. The van der Waals surface area contributed by atoms with Crippen LogP contribution < -0.4 is 0 Å². The summed E-state index contributed by atoms with van der Waals surface area (Å²) in [5, 5.41) is 9.83. The molecular weight excluding hydrogens is 240 g/mol. The van der Waals surface area contributed by atoms with Gasteiger partial charge in [-0.05, 0) is 19.0 Å². The topological polar surface area (TPSA) is 56.3 Å². The van der Waals surface area contributed by atoms with E-state index in [0.717, 1.165) is 29.6 Å². The van der Waals surface area contributed by atoms with E-state index in [-0.39, 0.29) is 12.4 Å². The van der Waals surface area contributed by atoms with Gasteiger partial charge in [0.25, 0.3) is 0 Å². The first-order valence-corrected chi connectivity index (χ1v) is 6.68. The van der Waals surface area contributed by atoms with Crippen LogP contribution in [-0.4, -0.2) is 47.0 Å². The van der Waals surface area contributed by atoms with Crippen LogP contribution in [0.5, 0.6) is 0 Å². The highest BCUT2D eigenvalue weighted by Crippen LogP contribution is 2.18. The lowest BCUT2D eigenvalue weighted by Crippen LogP contribution is -2.31. The van der Waals surface area contributed by atoms with Gasteiger partial charge in [-0.1, -0.05) is 25.1 Å². The Morgan fingerprint density at radius 2 is 2.16 bits per heavy atom. The van der Waals surface area contributed by atoms with Crippen molar-refractivity contribution in [1.82, 2.24) is 9.88 Å². The summed E-state index contributed by atoms with van der Waals surface area (Å²) in [5.41, 5.74) is 1.74. The lowest BCUT2D eigenvalue weighted by atomic mass is 10.1. The minimum atomic E-state index is 0.122. The number of aromatic nitrogens is 1. The molecule has 0 amide bonds. The van der Waals surface area contributed by atoms with Crippen molar-refractivity contribution in [1.29, 1.82) is 0 Å². The third-order valence-corrected chi connectivity index (χ3v) is 3.34. The molecule has 0 saturated heterocycles. The largest absolute Gasteiger partial charge is 0.396 e. The Morgan fingerprint density at radius 1 is 1.37 bits per heavy atom. The number of carbonyl (C=O) groups is 1. The van der Waals surface area contributed by atoms with Crippen LogP contribution in [0.4, 0.5) is 0 Å². The fourth-order valence-electron chi connectivity index (χ4n) is 2.23. The summed E-state index contributed by atoms with van der Waals surface area (Å²) in [6.07, 6.45) is 2.49. The van der Waals surface area contributed by atoms with E-state index in [1.807, 2.05) is 31.2 Å². The molecule has 1 aromatic heterocycles. The maximum Gasteiger partial charge on any atom is 0.178 e. The number of Topliss-reactive ketones (excluding diaryl/α,β-unsaturated/α-hetero) is 1. The number of fused-ring (bicyclic) bond motifs is 1. The van der Waals surface area contributed by atoms with E-state index >= 15 is 0 Å². The van der Waals surface area contributed by atoms with Gasteiger partial charge in [-0.25, -0.2) is 0 Å². The minimum Gasteiger partial charge on any atom is -0.396 e. The number of aromatic amines is 1. The normalized spacial score (nSPS) is 11.3. The average molecular weight is 260 g/mol. The van der Waals surface area contributed by atoms with Crippen LogP contribution >= 0.6 is 0 Å². The second-order valence-electron chi connectivity index (χ2n) is 4.62. The van der Waals surface area contributed by atoms with Gasteiger partial charge < -0.3 is 10.1 Å². The van der Waals surface area contributed by atoms with Gasteiger partial charge in [-0.3, -0.25) is 9.69 Å². The number of aliphatic hydroxyl groups excluding tert-OH is 1. The number of nitrogens with zero attached hydrogens (tertiary/aromatic N) is 1. The van der Waals surface area contributed by atoms with Gasteiger partial charge in [-0.2, -0.15) is 0 Å². The smallest absolute Gasteiger partial charge is 0.178 e. The molecule has 0 fully saturated rings. The number of benzene rings is 1. The number of H-pyrrole nitrogens is 1. The molecule has 0 saturated carbocycles. The first-order valence-electron chi connectivity index (χ1n) is 6.68.